The van der Waals surface area contributed by atoms with E-state index in [0.29, 0.717) is 0 Å². The van der Waals surface area contributed by atoms with Crippen molar-refractivity contribution in [2.45, 2.75) is 13.1 Å². The lowest BCUT2D eigenvalue weighted by Crippen LogP contribution is -2.08. The zero-order valence-corrected chi connectivity index (χ0v) is 8.06. The van der Waals surface area contributed by atoms with Crippen molar-refractivity contribution in [2.75, 3.05) is 0 Å². The van der Waals surface area contributed by atoms with Crippen molar-refractivity contribution >= 4 is 23.2 Å². The smallest absolute Gasteiger partial charge is 0.166 e. The molecule has 1 aromatic rings. The van der Waals surface area contributed by atoms with Crippen molar-refractivity contribution in [1.82, 2.24) is 0 Å². The molecule has 0 heterocycles. The first-order valence-corrected chi connectivity index (χ1v) is 4.11. The molecule has 1 rings (SSSR count). The van der Waals surface area contributed by atoms with Crippen molar-refractivity contribution < 1.29 is 13.2 Å². The highest BCUT2D eigenvalue weighted by molar-refractivity contribution is 6.35. The lowest BCUT2D eigenvalue weighted by atomic mass is 10.1. The Balaban J connectivity index is 3.38. The fourth-order valence-electron chi connectivity index (χ4n) is 1.06. The summed E-state index contributed by atoms with van der Waals surface area (Å²) < 4.78 is 36.9. The van der Waals surface area contributed by atoms with Gasteiger partial charge in [-0.25, -0.2) is 0 Å². The summed E-state index contributed by atoms with van der Waals surface area (Å²) in [5, 5.41) is -0.159. The van der Waals surface area contributed by atoms with E-state index in [2.05, 4.69) is 0 Å². The summed E-state index contributed by atoms with van der Waals surface area (Å²) >= 11 is 10.9. The van der Waals surface area contributed by atoms with Crippen LogP contribution in [-0.4, -0.2) is 0 Å². The standard InChI is InChI=1S/C8H5Cl2F3/c1-4-2-5(9)3-6(10)7(4)8(11,12)13/h2-3H,1H3. The number of alkyl halides is 3. The molecule has 0 N–H and O–H groups in total. The van der Waals surface area contributed by atoms with Crippen molar-refractivity contribution in [3.8, 4) is 0 Å². The van der Waals surface area contributed by atoms with E-state index in [-0.39, 0.29) is 15.6 Å². The molecule has 0 aromatic heterocycles. The number of aryl methyl sites for hydroxylation is 1. The van der Waals surface area contributed by atoms with Gasteiger partial charge in [-0.05, 0) is 24.6 Å². The highest BCUT2D eigenvalue weighted by Gasteiger charge is 2.34. The largest absolute Gasteiger partial charge is 0.418 e. The summed E-state index contributed by atoms with van der Waals surface area (Å²) in [4.78, 5) is 0. The molecule has 0 nitrogen and oxygen atoms in total. The Labute approximate surface area is 83.3 Å². The summed E-state index contributed by atoms with van der Waals surface area (Å²) in [7, 11) is 0. The van der Waals surface area contributed by atoms with Crippen molar-refractivity contribution in [1.29, 1.82) is 0 Å². The van der Waals surface area contributed by atoms with Gasteiger partial charge in [-0.2, -0.15) is 13.2 Å². The van der Waals surface area contributed by atoms with Crippen molar-refractivity contribution in [2.24, 2.45) is 0 Å². The first-order chi connectivity index (χ1) is 5.82. The van der Waals surface area contributed by atoms with Crippen molar-refractivity contribution in [3.05, 3.63) is 33.3 Å². The Morgan fingerprint density at radius 3 is 2.08 bits per heavy atom. The van der Waals surface area contributed by atoms with E-state index < -0.39 is 11.7 Å². The Hall–Kier alpha value is -0.410. The predicted molar refractivity (Wildman–Crippen MR) is 46.2 cm³/mol. The van der Waals surface area contributed by atoms with Crippen LogP contribution in [0.15, 0.2) is 12.1 Å². The summed E-state index contributed by atoms with van der Waals surface area (Å²) in [5.41, 5.74) is -0.788. The quantitative estimate of drug-likeness (QED) is 0.621. The van der Waals surface area contributed by atoms with Gasteiger partial charge in [-0.1, -0.05) is 23.2 Å². The van der Waals surface area contributed by atoms with Crippen LogP contribution in [0.4, 0.5) is 13.2 Å². The minimum atomic E-state index is -4.42. The van der Waals surface area contributed by atoms with Gasteiger partial charge in [0.15, 0.2) is 0 Å². The van der Waals surface area contributed by atoms with Gasteiger partial charge in [0.05, 0.1) is 10.6 Å². The Kier molecular flexibility index (Phi) is 2.78. The lowest BCUT2D eigenvalue weighted by molar-refractivity contribution is -0.137. The maximum Gasteiger partial charge on any atom is 0.418 e. The molecule has 0 aliphatic carbocycles. The lowest BCUT2D eigenvalue weighted by Gasteiger charge is -2.12. The van der Waals surface area contributed by atoms with Crippen LogP contribution >= 0.6 is 23.2 Å². The number of rotatable bonds is 0. The molecule has 13 heavy (non-hydrogen) atoms. The van der Waals surface area contributed by atoms with E-state index in [9.17, 15) is 13.2 Å². The highest BCUT2D eigenvalue weighted by Crippen LogP contribution is 2.38. The van der Waals surface area contributed by atoms with Crippen LogP contribution < -0.4 is 0 Å². The van der Waals surface area contributed by atoms with Crippen LogP contribution in [0.1, 0.15) is 11.1 Å². The molecule has 0 radical (unpaired) electrons. The molecule has 1 aromatic carbocycles. The minimum Gasteiger partial charge on any atom is -0.166 e. The molecular weight excluding hydrogens is 224 g/mol. The second kappa shape index (κ2) is 3.39. The number of hydrogen-bond donors (Lipinski definition) is 0. The molecule has 0 unspecified atom stereocenters. The summed E-state index contributed by atoms with van der Waals surface area (Å²) in [6.07, 6.45) is -4.42. The van der Waals surface area contributed by atoms with E-state index in [0.717, 1.165) is 6.07 Å². The van der Waals surface area contributed by atoms with Gasteiger partial charge in [-0.3, -0.25) is 0 Å². The molecule has 0 bridgehead atoms. The van der Waals surface area contributed by atoms with Gasteiger partial charge in [0, 0.05) is 5.02 Å². The van der Waals surface area contributed by atoms with Crippen LogP contribution in [0.5, 0.6) is 0 Å². The fraction of sp³-hybridized carbons (Fsp3) is 0.250. The molecule has 5 heteroatoms. The van der Waals surface area contributed by atoms with Gasteiger partial charge in [0.2, 0.25) is 0 Å². The molecule has 72 valence electrons. The third-order valence-corrected chi connectivity index (χ3v) is 2.05. The molecule has 0 spiro atoms. The first kappa shape index (κ1) is 10.7. The Bertz CT molecular complexity index is 308. The minimum absolute atomic E-state index is 0.0324. The summed E-state index contributed by atoms with van der Waals surface area (Å²) in [6, 6.07) is 2.31. The maximum absolute atomic E-state index is 12.3. The molecule has 0 fully saturated rings. The van der Waals surface area contributed by atoms with Crippen LogP contribution in [0.3, 0.4) is 0 Å². The Morgan fingerprint density at radius 2 is 1.69 bits per heavy atom. The fourth-order valence-corrected chi connectivity index (χ4v) is 1.76. The third kappa shape index (κ3) is 2.29. The van der Waals surface area contributed by atoms with Gasteiger partial charge >= 0.3 is 6.18 Å². The number of halogens is 5. The van der Waals surface area contributed by atoms with E-state index in [1.807, 2.05) is 0 Å². The first-order valence-electron chi connectivity index (χ1n) is 3.35. The normalized spacial score (nSPS) is 11.8. The monoisotopic (exact) mass is 228 g/mol. The zero-order valence-electron chi connectivity index (χ0n) is 6.54. The Morgan fingerprint density at radius 1 is 1.15 bits per heavy atom. The average Bonchev–Trinajstić information content (AvgIpc) is 1.78. The van der Waals surface area contributed by atoms with Crippen LogP contribution in [0, 0.1) is 6.92 Å². The van der Waals surface area contributed by atoms with Crippen LogP contribution in [0.25, 0.3) is 0 Å². The van der Waals surface area contributed by atoms with Crippen molar-refractivity contribution in [3.63, 3.8) is 0 Å². The molecule has 0 aliphatic rings. The van der Waals surface area contributed by atoms with E-state index >= 15 is 0 Å². The van der Waals surface area contributed by atoms with Gasteiger partial charge in [-0.15, -0.1) is 0 Å². The SMILES string of the molecule is Cc1cc(Cl)cc(Cl)c1C(F)(F)F. The number of benzene rings is 1. The molecule has 0 saturated heterocycles. The summed E-state index contributed by atoms with van der Waals surface area (Å²) in [5.74, 6) is 0. The van der Waals surface area contributed by atoms with E-state index in [4.69, 9.17) is 23.2 Å². The van der Waals surface area contributed by atoms with E-state index in [1.165, 1.54) is 13.0 Å². The molecule has 0 atom stereocenters. The number of hydrogen-bond acceptors (Lipinski definition) is 0. The zero-order chi connectivity index (χ0) is 10.2. The van der Waals surface area contributed by atoms with Gasteiger partial charge in [0.1, 0.15) is 0 Å². The summed E-state index contributed by atoms with van der Waals surface area (Å²) in [6.45, 7) is 1.32. The third-order valence-electron chi connectivity index (χ3n) is 1.54. The van der Waals surface area contributed by atoms with Crippen LogP contribution in [0.2, 0.25) is 10.0 Å². The topological polar surface area (TPSA) is 0 Å². The maximum atomic E-state index is 12.3. The van der Waals surface area contributed by atoms with Crippen LogP contribution in [-0.2, 0) is 6.18 Å². The van der Waals surface area contributed by atoms with E-state index in [1.54, 1.807) is 0 Å². The van der Waals surface area contributed by atoms with Gasteiger partial charge < -0.3 is 0 Å². The second-order valence-corrected chi connectivity index (χ2v) is 3.42. The molecule has 0 aliphatic heterocycles. The average molecular weight is 229 g/mol. The van der Waals surface area contributed by atoms with Gasteiger partial charge in [0.25, 0.3) is 0 Å². The molecular formula is C8H5Cl2F3. The molecule has 0 amide bonds. The predicted octanol–water partition coefficient (Wildman–Crippen LogP) is 4.32. The molecule has 0 saturated carbocycles. The highest BCUT2D eigenvalue weighted by atomic mass is 35.5. The second-order valence-electron chi connectivity index (χ2n) is 2.58.